The number of alkyl halides is 3. The van der Waals surface area contributed by atoms with Crippen molar-refractivity contribution in [3.63, 3.8) is 0 Å². The highest BCUT2D eigenvalue weighted by Crippen LogP contribution is 2.41. The van der Waals surface area contributed by atoms with Gasteiger partial charge < -0.3 is 15.7 Å². The van der Waals surface area contributed by atoms with Crippen LogP contribution in [0.15, 0.2) is 18.2 Å². The van der Waals surface area contributed by atoms with Crippen molar-refractivity contribution >= 4 is 11.6 Å². The number of benzene rings is 1. The molecule has 3 aliphatic rings. The lowest BCUT2D eigenvalue weighted by atomic mass is 9.90. The van der Waals surface area contributed by atoms with Crippen molar-refractivity contribution in [2.24, 2.45) is 11.8 Å². The minimum Gasteiger partial charge on any atom is -0.379 e. The molecule has 10 heteroatoms. The standard InChI is InChI=1S/C21H26F3N5O2/c1-11-10-13(4-5-14(11)18(30)21(22,23)24)27-19-17-16(7-9-26-20(17)31)29(28-19)15(6-8-25)12-2-3-12/h4-5,10,12,15-19,27-28,30H,2-3,6-7,9H2,1H3,(H,26,31)/t15-,16?,17?,18?,19?/m0/s1. The normalized spacial score (nSPS) is 28.4. The third-order valence-corrected chi connectivity index (χ3v) is 6.48. The molecule has 1 aliphatic carbocycles. The minimum absolute atomic E-state index is 0.0289. The number of nitriles is 1. The van der Waals surface area contributed by atoms with Gasteiger partial charge in [0.15, 0.2) is 6.10 Å². The summed E-state index contributed by atoms with van der Waals surface area (Å²) in [5.74, 6) is -0.0487. The summed E-state index contributed by atoms with van der Waals surface area (Å²) in [7, 11) is 0. The maximum Gasteiger partial charge on any atom is 0.418 e. The molecule has 4 unspecified atom stereocenters. The maximum absolute atomic E-state index is 12.9. The number of amides is 1. The second-order valence-electron chi connectivity index (χ2n) is 8.61. The molecule has 2 heterocycles. The number of hydrogen-bond donors (Lipinski definition) is 4. The van der Waals surface area contributed by atoms with Gasteiger partial charge in [0.05, 0.1) is 18.4 Å². The summed E-state index contributed by atoms with van der Waals surface area (Å²) in [4.78, 5) is 12.7. The van der Waals surface area contributed by atoms with Crippen molar-refractivity contribution in [1.29, 1.82) is 5.26 Å². The number of hydrazine groups is 1. The van der Waals surface area contributed by atoms with Gasteiger partial charge in [0.2, 0.25) is 5.91 Å². The van der Waals surface area contributed by atoms with Crippen LogP contribution in [-0.2, 0) is 4.79 Å². The number of piperidine rings is 1. The molecular formula is C21H26F3N5O2. The molecule has 1 aromatic carbocycles. The molecule has 1 aromatic rings. The van der Waals surface area contributed by atoms with Gasteiger partial charge in [0.1, 0.15) is 6.17 Å². The fraction of sp³-hybridized carbons (Fsp3) is 0.619. The average Bonchev–Trinajstić information content (AvgIpc) is 3.48. The molecule has 0 bridgehead atoms. The van der Waals surface area contributed by atoms with E-state index in [2.05, 4.69) is 27.1 Å². The van der Waals surface area contributed by atoms with Crippen molar-refractivity contribution in [3.8, 4) is 6.07 Å². The number of aliphatic hydroxyl groups excluding tert-OH is 1. The molecule has 3 fully saturated rings. The van der Waals surface area contributed by atoms with Gasteiger partial charge in [-0.3, -0.25) is 4.79 Å². The van der Waals surface area contributed by atoms with Gasteiger partial charge in [-0.25, -0.2) is 10.4 Å². The zero-order valence-corrected chi connectivity index (χ0v) is 17.1. The van der Waals surface area contributed by atoms with Crippen molar-refractivity contribution in [2.45, 2.75) is 63.1 Å². The van der Waals surface area contributed by atoms with E-state index in [1.807, 2.05) is 0 Å². The highest BCUT2D eigenvalue weighted by molar-refractivity contribution is 5.82. The number of fused-ring (bicyclic) bond motifs is 1. The fourth-order valence-corrected chi connectivity index (χ4v) is 4.80. The summed E-state index contributed by atoms with van der Waals surface area (Å²) in [5.41, 5.74) is 4.03. The van der Waals surface area contributed by atoms with Crippen molar-refractivity contribution in [1.82, 2.24) is 15.8 Å². The molecule has 2 saturated heterocycles. The van der Waals surface area contributed by atoms with Crippen LogP contribution >= 0.6 is 0 Å². The van der Waals surface area contributed by atoms with Gasteiger partial charge in [0, 0.05) is 24.3 Å². The highest BCUT2D eigenvalue weighted by Gasteiger charge is 2.52. The zero-order valence-electron chi connectivity index (χ0n) is 17.1. The number of halogens is 3. The maximum atomic E-state index is 12.9. The van der Waals surface area contributed by atoms with Crippen LogP contribution in [-0.4, -0.2) is 47.0 Å². The first kappa shape index (κ1) is 21.9. The molecule has 168 valence electrons. The van der Waals surface area contributed by atoms with Gasteiger partial charge in [-0.2, -0.15) is 18.4 Å². The summed E-state index contributed by atoms with van der Waals surface area (Å²) < 4.78 is 38.6. The first-order valence-corrected chi connectivity index (χ1v) is 10.5. The summed E-state index contributed by atoms with van der Waals surface area (Å²) in [6.45, 7) is 2.08. The first-order valence-electron chi connectivity index (χ1n) is 10.5. The second kappa shape index (κ2) is 8.30. The highest BCUT2D eigenvalue weighted by atomic mass is 19.4. The van der Waals surface area contributed by atoms with Gasteiger partial charge in [0.25, 0.3) is 0 Å². The second-order valence-corrected chi connectivity index (χ2v) is 8.61. The van der Waals surface area contributed by atoms with Gasteiger partial charge in [-0.15, -0.1) is 0 Å². The number of carbonyl (C=O) groups excluding carboxylic acids is 1. The van der Waals surface area contributed by atoms with E-state index in [0.717, 1.165) is 19.3 Å². The van der Waals surface area contributed by atoms with E-state index >= 15 is 0 Å². The van der Waals surface area contributed by atoms with Crippen molar-refractivity contribution in [3.05, 3.63) is 29.3 Å². The summed E-state index contributed by atoms with van der Waals surface area (Å²) in [6.07, 6.45) is -4.48. The van der Waals surface area contributed by atoms with Crippen LogP contribution in [0, 0.1) is 30.1 Å². The molecule has 2 aliphatic heterocycles. The minimum atomic E-state index is -4.74. The first-order chi connectivity index (χ1) is 14.7. The lowest BCUT2D eigenvalue weighted by molar-refractivity contribution is -0.206. The van der Waals surface area contributed by atoms with Gasteiger partial charge in [-0.05, 0) is 55.4 Å². The molecule has 0 radical (unpaired) electrons. The van der Waals surface area contributed by atoms with E-state index < -0.39 is 24.4 Å². The Balaban J connectivity index is 1.55. The van der Waals surface area contributed by atoms with E-state index in [4.69, 9.17) is 0 Å². The molecule has 7 nitrogen and oxygen atoms in total. The van der Waals surface area contributed by atoms with Gasteiger partial charge >= 0.3 is 6.18 Å². The van der Waals surface area contributed by atoms with E-state index in [1.54, 1.807) is 0 Å². The Morgan fingerprint density at radius 1 is 1.35 bits per heavy atom. The topological polar surface area (TPSA) is 100 Å². The lowest BCUT2D eigenvalue weighted by Crippen LogP contribution is -2.52. The predicted molar refractivity (Wildman–Crippen MR) is 106 cm³/mol. The van der Waals surface area contributed by atoms with Crippen LogP contribution in [0.4, 0.5) is 18.9 Å². The molecule has 31 heavy (non-hydrogen) atoms. The number of aliphatic hydroxyl groups is 1. The number of nitrogens with zero attached hydrogens (tertiary/aromatic N) is 2. The zero-order chi connectivity index (χ0) is 22.3. The SMILES string of the molecule is Cc1cc(NC2NN([C@@H](CC#N)C3CC3)C3CCNC(=O)C23)ccc1C(O)C(F)(F)F. The third-order valence-electron chi connectivity index (χ3n) is 6.48. The van der Waals surface area contributed by atoms with E-state index in [-0.39, 0.29) is 23.6 Å². The number of nitrogens with one attached hydrogen (secondary N) is 3. The van der Waals surface area contributed by atoms with Crippen LogP contribution in [0.2, 0.25) is 0 Å². The summed E-state index contributed by atoms with van der Waals surface area (Å²) >= 11 is 0. The number of rotatable bonds is 6. The Hall–Kier alpha value is -2.35. The molecule has 0 aromatic heterocycles. The van der Waals surface area contributed by atoms with Crippen LogP contribution in [0.25, 0.3) is 0 Å². The summed E-state index contributed by atoms with van der Waals surface area (Å²) in [5, 5.41) is 27.0. The Morgan fingerprint density at radius 2 is 2.10 bits per heavy atom. The number of carbonyl (C=O) groups is 1. The predicted octanol–water partition coefficient (Wildman–Crippen LogP) is 2.35. The molecule has 1 amide bonds. The number of aryl methyl sites for hydroxylation is 1. The monoisotopic (exact) mass is 437 g/mol. The van der Waals surface area contributed by atoms with Crippen molar-refractivity contribution in [2.75, 3.05) is 11.9 Å². The molecular weight excluding hydrogens is 411 g/mol. The average molecular weight is 437 g/mol. The van der Waals surface area contributed by atoms with Crippen LogP contribution < -0.4 is 16.1 Å². The van der Waals surface area contributed by atoms with Crippen molar-refractivity contribution < 1.29 is 23.1 Å². The van der Waals surface area contributed by atoms with Crippen LogP contribution in [0.1, 0.15) is 42.9 Å². The fourth-order valence-electron chi connectivity index (χ4n) is 4.80. The van der Waals surface area contributed by atoms with Gasteiger partial charge in [-0.1, -0.05) is 6.07 Å². The summed E-state index contributed by atoms with van der Waals surface area (Å²) in [6, 6.07) is 6.50. The van der Waals surface area contributed by atoms with Crippen LogP contribution in [0.3, 0.4) is 0 Å². The third kappa shape index (κ3) is 4.35. The number of hydrogen-bond acceptors (Lipinski definition) is 6. The Kier molecular flexibility index (Phi) is 5.85. The molecule has 4 rings (SSSR count). The Morgan fingerprint density at radius 3 is 2.71 bits per heavy atom. The Bertz CT molecular complexity index is 883. The molecule has 5 atom stereocenters. The largest absolute Gasteiger partial charge is 0.418 e. The van der Waals surface area contributed by atoms with E-state index in [0.29, 0.717) is 30.1 Å². The van der Waals surface area contributed by atoms with E-state index in [1.165, 1.54) is 25.1 Å². The van der Waals surface area contributed by atoms with Crippen LogP contribution in [0.5, 0.6) is 0 Å². The molecule has 4 N–H and O–H groups in total. The lowest BCUT2D eigenvalue weighted by Gasteiger charge is -2.34. The van der Waals surface area contributed by atoms with E-state index in [9.17, 15) is 28.3 Å². The quantitative estimate of drug-likeness (QED) is 0.545. The number of anilines is 1. The molecule has 0 spiro atoms. The Labute approximate surface area is 178 Å². The molecule has 1 saturated carbocycles. The smallest absolute Gasteiger partial charge is 0.379 e.